The second-order valence-corrected chi connectivity index (χ2v) is 6.00. The highest BCUT2D eigenvalue weighted by Gasteiger charge is 2.24. The number of hydrogen-bond donors (Lipinski definition) is 0. The lowest BCUT2D eigenvalue weighted by molar-refractivity contribution is 0.0763. The number of nitrogens with zero attached hydrogens (tertiary/aromatic N) is 1. The maximum absolute atomic E-state index is 13.7. The van der Waals surface area contributed by atoms with Gasteiger partial charge in [-0.3, -0.25) is 4.79 Å². The Bertz CT molecular complexity index is 463. The molecule has 1 amide bonds. The van der Waals surface area contributed by atoms with Gasteiger partial charge in [0.05, 0.1) is 0 Å². The maximum Gasteiger partial charge on any atom is 0.259 e. The standard InChI is InChI=1S/C14H16BrF2NO/c1-18(8-9-4-2-3-5-9)14(19)13-11(16)6-10(15)7-12(13)17/h6-7,9H,2-5,8H2,1H3. The summed E-state index contributed by atoms with van der Waals surface area (Å²) in [5, 5.41) is 0. The maximum atomic E-state index is 13.7. The number of carbonyl (C=O) groups excluding carboxylic acids is 1. The molecule has 1 aromatic rings. The molecule has 19 heavy (non-hydrogen) atoms. The molecule has 0 atom stereocenters. The van der Waals surface area contributed by atoms with Crippen LogP contribution in [0.25, 0.3) is 0 Å². The molecule has 0 bridgehead atoms. The quantitative estimate of drug-likeness (QED) is 0.820. The van der Waals surface area contributed by atoms with Crippen molar-refractivity contribution in [2.24, 2.45) is 5.92 Å². The van der Waals surface area contributed by atoms with E-state index in [9.17, 15) is 13.6 Å². The van der Waals surface area contributed by atoms with Gasteiger partial charge in [-0.15, -0.1) is 0 Å². The highest BCUT2D eigenvalue weighted by atomic mass is 79.9. The molecule has 0 radical (unpaired) electrons. The number of hydrogen-bond acceptors (Lipinski definition) is 1. The topological polar surface area (TPSA) is 20.3 Å². The van der Waals surface area contributed by atoms with Gasteiger partial charge < -0.3 is 4.90 Å². The lowest BCUT2D eigenvalue weighted by Crippen LogP contribution is -2.32. The van der Waals surface area contributed by atoms with Gasteiger partial charge in [0.25, 0.3) is 5.91 Å². The average Bonchev–Trinajstić information content (AvgIpc) is 2.80. The minimum Gasteiger partial charge on any atom is -0.341 e. The predicted octanol–water partition coefficient (Wildman–Crippen LogP) is 3.99. The van der Waals surface area contributed by atoms with E-state index in [2.05, 4.69) is 15.9 Å². The fourth-order valence-corrected chi connectivity index (χ4v) is 3.00. The first-order valence-electron chi connectivity index (χ1n) is 6.39. The van der Waals surface area contributed by atoms with Gasteiger partial charge in [0.15, 0.2) is 0 Å². The Morgan fingerprint density at radius 2 is 1.84 bits per heavy atom. The van der Waals surface area contributed by atoms with Crippen LogP contribution in [0.15, 0.2) is 16.6 Å². The van der Waals surface area contributed by atoms with Crippen molar-refractivity contribution >= 4 is 21.8 Å². The van der Waals surface area contributed by atoms with Crippen molar-refractivity contribution in [2.45, 2.75) is 25.7 Å². The predicted molar refractivity (Wildman–Crippen MR) is 73.0 cm³/mol. The summed E-state index contributed by atoms with van der Waals surface area (Å²) in [6.07, 6.45) is 4.52. The third kappa shape index (κ3) is 3.32. The van der Waals surface area contributed by atoms with Crippen molar-refractivity contribution < 1.29 is 13.6 Å². The van der Waals surface area contributed by atoms with Crippen molar-refractivity contribution in [2.75, 3.05) is 13.6 Å². The molecule has 1 aliphatic rings. The average molecular weight is 332 g/mol. The van der Waals surface area contributed by atoms with Crippen LogP contribution in [0.2, 0.25) is 0 Å². The summed E-state index contributed by atoms with van der Waals surface area (Å²) < 4.78 is 27.7. The molecule has 0 saturated heterocycles. The summed E-state index contributed by atoms with van der Waals surface area (Å²) >= 11 is 3.00. The van der Waals surface area contributed by atoms with Gasteiger partial charge >= 0.3 is 0 Å². The van der Waals surface area contributed by atoms with E-state index < -0.39 is 23.1 Å². The molecule has 1 aromatic carbocycles. The first kappa shape index (κ1) is 14.4. The van der Waals surface area contributed by atoms with Crippen LogP contribution in [0, 0.1) is 17.6 Å². The zero-order valence-electron chi connectivity index (χ0n) is 10.8. The Balaban J connectivity index is 2.14. The van der Waals surface area contributed by atoms with Gasteiger partial charge in [-0.25, -0.2) is 8.78 Å². The van der Waals surface area contributed by atoms with E-state index in [1.54, 1.807) is 7.05 Å². The molecule has 0 heterocycles. The second-order valence-electron chi connectivity index (χ2n) is 5.08. The normalized spacial score (nSPS) is 15.8. The monoisotopic (exact) mass is 331 g/mol. The minimum atomic E-state index is -0.824. The number of carbonyl (C=O) groups is 1. The van der Waals surface area contributed by atoms with Crippen molar-refractivity contribution in [1.82, 2.24) is 4.90 Å². The molecule has 1 fully saturated rings. The number of amides is 1. The van der Waals surface area contributed by atoms with Gasteiger partial charge in [0, 0.05) is 18.1 Å². The molecule has 0 N–H and O–H groups in total. The van der Waals surface area contributed by atoms with Gasteiger partial charge in [-0.2, -0.15) is 0 Å². The van der Waals surface area contributed by atoms with Crippen molar-refractivity contribution in [3.8, 4) is 0 Å². The molecule has 2 nitrogen and oxygen atoms in total. The fraction of sp³-hybridized carbons (Fsp3) is 0.500. The van der Waals surface area contributed by atoms with E-state index in [1.807, 2.05) is 0 Å². The van der Waals surface area contributed by atoms with Crippen LogP contribution in [0.1, 0.15) is 36.0 Å². The van der Waals surface area contributed by atoms with Crippen LogP contribution in [-0.4, -0.2) is 24.4 Å². The molecule has 0 spiro atoms. The highest BCUT2D eigenvalue weighted by Crippen LogP contribution is 2.26. The molecule has 0 aliphatic heterocycles. The molecular weight excluding hydrogens is 316 g/mol. The van der Waals surface area contributed by atoms with Crippen LogP contribution in [0.5, 0.6) is 0 Å². The number of halogens is 3. The molecule has 5 heteroatoms. The first-order valence-corrected chi connectivity index (χ1v) is 7.18. The van der Waals surface area contributed by atoms with Crippen molar-refractivity contribution in [3.63, 3.8) is 0 Å². The van der Waals surface area contributed by atoms with Crippen LogP contribution >= 0.6 is 15.9 Å². The number of rotatable bonds is 3. The van der Waals surface area contributed by atoms with E-state index in [4.69, 9.17) is 0 Å². The molecule has 104 valence electrons. The fourth-order valence-electron chi connectivity index (χ4n) is 2.60. The Morgan fingerprint density at radius 1 is 1.32 bits per heavy atom. The van der Waals surface area contributed by atoms with Crippen molar-refractivity contribution in [1.29, 1.82) is 0 Å². The van der Waals surface area contributed by atoms with Gasteiger partial charge in [0.1, 0.15) is 17.2 Å². The van der Waals surface area contributed by atoms with E-state index in [1.165, 1.54) is 17.7 Å². The SMILES string of the molecule is CN(CC1CCCC1)C(=O)c1c(F)cc(Br)cc1F. The zero-order valence-corrected chi connectivity index (χ0v) is 12.3. The van der Waals surface area contributed by atoms with Crippen LogP contribution in [-0.2, 0) is 0 Å². The second kappa shape index (κ2) is 5.99. The smallest absolute Gasteiger partial charge is 0.259 e. The third-order valence-corrected chi connectivity index (χ3v) is 4.03. The molecule has 2 rings (SSSR count). The Morgan fingerprint density at radius 3 is 2.37 bits per heavy atom. The Hall–Kier alpha value is -0.970. The van der Waals surface area contributed by atoms with E-state index >= 15 is 0 Å². The van der Waals surface area contributed by atoms with Crippen LogP contribution in [0.4, 0.5) is 8.78 Å². The third-order valence-electron chi connectivity index (χ3n) is 3.57. The summed E-state index contributed by atoms with van der Waals surface area (Å²) in [4.78, 5) is 13.5. The molecule has 1 aliphatic carbocycles. The van der Waals surface area contributed by atoms with Crippen LogP contribution in [0.3, 0.4) is 0 Å². The van der Waals surface area contributed by atoms with Gasteiger partial charge in [-0.1, -0.05) is 28.8 Å². The van der Waals surface area contributed by atoms with E-state index in [-0.39, 0.29) is 4.47 Å². The van der Waals surface area contributed by atoms with Crippen LogP contribution < -0.4 is 0 Å². The van der Waals surface area contributed by atoms with Gasteiger partial charge in [0.2, 0.25) is 0 Å². The summed E-state index contributed by atoms with van der Waals surface area (Å²) in [6, 6.07) is 2.22. The molecule has 0 unspecified atom stereocenters. The lowest BCUT2D eigenvalue weighted by Gasteiger charge is -2.21. The lowest BCUT2D eigenvalue weighted by atomic mass is 10.1. The Kier molecular flexibility index (Phi) is 4.55. The molecular formula is C14H16BrF2NO. The zero-order chi connectivity index (χ0) is 14.0. The van der Waals surface area contributed by atoms with Crippen molar-refractivity contribution in [3.05, 3.63) is 33.8 Å². The van der Waals surface area contributed by atoms with E-state index in [0.717, 1.165) is 25.0 Å². The van der Waals surface area contributed by atoms with E-state index in [0.29, 0.717) is 12.5 Å². The number of benzene rings is 1. The van der Waals surface area contributed by atoms with Gasteiger partial charge in [-0.05, 0) is 30.9 Å². The summed E-state index contributed by atoms with van der Waals surface area (Å²) in [5.74, 6) is -1.78. The summed E-state index contributed by atoms with van der Waals surface area (Å²) in [5.41, 5.74) is -0.469. The molecule has 1 saturated carbocycles. The highest BCUT2D eigenvalue weighted by molar-refractivity contribution is 9.10. The largest absolute Gasteiger partial charge is 0.341 e. The first-order chi connectivity index (χ1) is 8.99. The summed E-state index contributed by atoms with van der Waals surface area (Å²) in [7, 11) is 1.60. The Labute approximate surface area is 119 Å². The summed E-state index contributed by atoms with van der Waals surface area (Å²) in [6.45, 7) is 0.563. The molecule has 0 aromatic heterocycles. The minimum absolute atomic E-state index is 0.289.